The quantitative estimate of drug-likeness (QED) is 0.619. The van der Waals surface area contributed by atoms with Gasteiger partial charge in [-0.25, -0.2) is 4.79 Å². The molecule has 0 aliphatic rings. The highest BCUT2D eigenvalue weighted by Crippen LogP contribution is 2.30. The molecule has 0 unspecified atom stereocenters. The van der Waals surface area contributed by atoms with Gasteiger partial charge in [-0.15, -0.1) is 0 Å². The predicted molar refractivity (Wildman–Crippen MR) is 85.8 cm³/mol. The Morgan fingerprint density at radius 2 is 1.92 bits per heavy atom. The van der Waals surface area contributed by atoms with E-state index in [9.17, 15) is 14.9 Å². The van der Waals surface area contributed by atoms with Gasteiger partial charge in [0.1, 0.15) is 17.2 Å². The average Bonchev–Trinajstić information content (AvgIpc) is 2.52. The molecule has 2 rings (SSSR count). The van der Waals surface area contributed by atoms with E-state index in [0.717, 1.165) is 5.56 Å². The number of benzene rings is 2. The topological polar surface area (TPSA) is 111 Å². The molecule has 8 nitrogen and oxygen atoms in total. The second kappa shape index (κ2) is 7.32. The fourth-order valence-electron chi connectivity index (χ4n) is 2.14. The highest BCUT2D eigenvalue weighted by Gasteiger charge is 2.15. The summed E-state index contributed by atoms with van der Waals surface area (Å²) in [6.07, 6.45) is -1.26. The van der Waals surface area contributed by atoms with Gasteiger partial charge in [-0.3, -0.25) is 10.1 Å². The normalized spacial score (nSPS) is 10.1. The van der Waals surface area contributed by atoms with Crippen molar-refractivity contribution in [1.29, 1.82) is 0 Å². The molecule has 2 aromatic rings. The van der Waals surface area contributed by atoms with Gasteiger partial charge in [-0.05, 0) is 36.8 Å². The number of nitrogens with one attached hydrogen (secondary N) is 1. The molecule has 2 aromatic carbocycles. The summed E-state index contributed by atoms with van der Waals surface area (Å²) in [6.45, 7) is 1.69. The van der Waals surface area contributed by atoms with Crippen LogP contribution in [0.5, 0.6) is 17.2 Å². The van der Waals surface area contributed by atoms with Crippen LogP contribution in [0.4, 0.5) is 10.5 Å². The van der Waals surface area contributed by atoms with Crippen molar-refractivity contribution in [2.24, 2.45) is 0 Å². The van der Waals surface area contributed by atoms with Crippen LogP contribution in [0.25, 0.3) is 0 Å². The van der Waals surface area contributed by atoms with Gasteiger partial charge in [0.15, 0.2) is 0 Å². The zero-order valence-electron chi connectivity index (χ0n) is 13.1. The summed E-state index contributed by atoms with van der Waals surface area (Å²) in [6, 6.07) is 9.48. The zero-order chi connectivity index (χ0) is 17.7. The summed E-state index contributed by atoms with van der Waals surface area (Å²) in [5, 5.41) is 21.8. The van der Waals surface area contributed by atoms with Crippen molar-refractivity contribution in [3.63, 3.8) is 0 Å². The number of amides is 1. The standard InChI is InChI=1S/C16H16N2O6/c1-10-5-13(23-2)8-14(6-10)24-12-3-4-15(18(21)22)11(7-12)9-17-16(19)20/h3-8,17H,9H2,1-2H3,(H,19,20). The minimum atomic E-state index is -1.26. The number of rotatable bonds is 6. The Morgan fingerprint density at radius 1 is 1.21 bits per heavy atom. The Balaban J connectivity index is 2.30. The maximum atomic E-state index is 11.0. The molecule has 0 saturated carbocycles. The van der Waals surface area contributed by atoms with Crippen molar-refractivity contribution < 1.29 is 24.3 Å². The second-order valence-electron chi connectivity index (χ2n) is 4.99. The van der Waals surface area contributed by atoms with Gasteiger partial charge >= 0.3 is 6.09 Å². The van der Waals surface area contributed by atoms with E-state index in [2.05, 4.69) is 5.32 Å². The second-order valence-corrected chi connectivity index (χ2v) is 4.99. The monoisotopic (exact) mass is 332 g/mol. The minimum Gasteiger partial charge on any atom is -0.497 e. The number of hydrogen-bond acceptors (Lipinski definition) is 5. The van der Waals surface area contributed by atoms with E-state index >= 15 is 0 Å². The fraction of sp³-hybridized carbons (Fsp3) is 0.188. The van der Waals surface area contributed by atoms with E-state index in [1.54, 1.807) is 19.2 Å². The van der Waals surface area contributed by atoms with Crippen molar-refractivity contribution in [2.75, 3.05) is 7.11 Å². The number of hydrogen-bond donors (Lipinski definition) is 2. The van der Waals surface area contributed by atoms with E-state index in [1.165, 1.54) is 18.2 Å². The van der Waals surface area contributed by atoms with Crippen LogP contribution in [0.3, 0.4) is 0 Å². The maximum absolute atomic E-state index is 11.0. The summed E-state index contributed by atoms with van der Waals surface area (Å²) in [5.74, 6) is 1.49. The number of carboxylic acid groups (broad SMARTS) is 1. The molecular formula is C16H16N2O6. The van der Waals surface area contributed by atoms with E-state index in [4.69, 9.17) is 14.6 Å². The SMILES string of the molecule is COc1cc(C)cc(Oc2ccc([N+](=O)[O-])c(CNC(=O)O)c2)c1. The van der Waals surface area contributed by atoms with Gasteiger partial charge < -0.3 is 19.9 Å². The van der Waals surface area contributed by atoms with Gasteiger partial charge in [0.05, 0.1) is 24.1 Å². The van der Waals surface area contributed by atoms with Crippen molar-refractivity contribution in [2.45, 2.75) is 13.5 Å². The molecule has 0 radical (unpaired) electrons. The average molecular weight is 332 g/mol. The van der Waals surface area contributed by atoms with Gasteiger partial charge in [-0.2, -0.15) is 0 Å². The number of nitro groups is 1. The Morgan fingerprint density at radius 3 is 2.54 bits per heavy atom. The van der Waals surface area contributed by atoms with Crippen LogP contribution < -0.4 is 14.8 Å². The van der Waals surface area contributed by atoms with Gasteiger partial charge in [0.2, 0.25) is 0 Å². The first-order chi connectivity index (χ1) is 11.4. The van der Waals surface area contributed by atoms with Crippen LogP contribution in [-0.4, -0.2) is 23.2 Å². The smallest absolute Gasteiger partial charge is 0.404 e. The first kappa shape index (κ1) is 17.1. The lowest BCUT2D eigenvalue weighted by molar-refractivity contribution is -0.385. The Hall–Kier alpha value is -3.29. The van der Waals surface area contributed by atoms with Gasteiger partial charge in [0.25, 0.3) is 5.69 Å². The highest BCUT2D eigenvalue weighted by molar-refractivity contribution is 5.64. The Labute approximate surface area is 137 Å². The van der Waals surface area contributed by atoms with E-state index in [-0.39, 0.29) is 17.8 Å². The first-order valence-electron chi connectivity index (χ1n) is 6.96. The molecule has 2 N–H and O–H groups in total. The third kappa shape index (κ3) is 4.35. The van der Waals surface area contributed by atoms with Crippen molar-refractivity contribution in [3.8, 4) is 17.2 Å². The summed E-state index contributed by atoms with van der Waals surface area (Å²) < 4.78 is 10.9. The largest absolute Gasteiger partial charge is 0.497 e. The fourth-order valence-corrected chi connectivity index (χ4v) is 2.14. The van der Waals surface area contributed by atoms with E-state index < -0.39 is 11.0 Å². The third-order valence-corrected chi connectivity index (χ3v) is 3.17. The summed E-state index contributed by atoms with van der Waals surface area (Å²) in [4.78, 5) is 21.1. The molecule has 0 atom stereocenters. The molecule has 1 amide bonds. The lowest BCUT2D eigenvalue weighted by Crippen LogP contribution is -2.20. The molecule has 0 aliphatic carbocycles. The molecule has 0 spiro atoms. The molecule has 0 fully saturated rings. The minimum absolute atomic E-state index is 0.182. The number of aryl methyl sites for hydroxylation is 1. The molecule has 0 saturated heterocycles. The molecule has 0 bridgehead atoms. The first-order valence-corrected chi connectivity index (χ1v) is 6.96. The number of carbonyl (C=O) groups is 1. The molecule has 0 heterocycles. The lowest BCUT2D eigenvalue weighted by Gasteiger charge is -2.10. The van der Waals surface area contributed by atoms with Crippen LogP contribution >= 0.6 is 0 Å². The van der Waals surface area contributed by atoms with E-state index in [0.29, 0.717) is 17.2 Å². The van der Waals surface area contributed by atoms with Crippen LogP contribution in [-0.2, 0) is 6.54 Å². The predicted octanol–water partition coefficient (Wildman–Crippen LogP) is 3.47. The summed E-state index contributed by atoms with van der Waals surface area (Å²) >= 11 is 0. The Bertz CT molecular complexity index is 775. The van der Waals surface area contributed by atoms with Crippen LogP contribution in [0.1, 0.15) is 11.1 Å². The molecule has 8 heteroatoms. The van der Waals surface area contributed by atoms with Crippen LogP contribution in [0, 0.1) is 17.0 Å². The zero-order valence-corrected chi connectivity index (χ0v) is 13.1. The summed E-state index contributed by atoms with van der Waals surface area (Å²) in [5.41, 5.74) is 0.955. The molecule has 126 valence electrons. The third-order valence-electron chi connectivity index (χ3n) is 3.17. The maximum Gasteiger partial charge on any atom is 0.404 e. The molecule has 0 aromatic heterocycles. The van der Waals surface area contributed by atoms with Crippen molar-refractivity contribution >= 4 is 11.8 Å². The molecule has 24 heavy (non-hydrogen) atoms. The highest BCUT2D eigenvalue weighted by atomic mass is 16.6. The number of ether oxygens (including phenoxy) is 2. The van der Waals surface area contributed by atoms with Crippen LogP contribution in [0.15, 0.2) is 36.4 Å². The van der Waals surface area contributed by atoms with Gasteiger partial charge in [-0.1, -0.05) is 0 Å². The van der Waals surface area contributed by atoms with Crippen molar-refractivity contribution in [1.82, 2.24) is 5.32 Å². The number of nitro benzene ring substituents is 1. The number of nitrogens with zero attached hydrogens (tertiary/aromatic N) is 1. The van der Waals surface area contributed by atoms with Gasteiger partial charge in [0, 0.05) is 12.1 Å². The molecular weight excluding hydrogens is 316 g/mol. The van der Waals surface area contributed by atoms with E-state index in [1.807, 2.05) is 13.0 Å². The summed E-state index contributed by atoms with van der Waals surface area (Å²) in [7, 11) is 1.54. The Kier molecular flexibility index (Phi) is 5.20. The van der Waals surface area contributed by atoms with Crippen LogP contribution in [0.2, 0.25) is 0 Å². The lowest BCUT2D eigenvalue weighted by atomic mass is 10.1. The molecule has 0 aliphatic heterocycles. The number of methoxy groups -OCH3 is 1. The van der Waals surface area contributed by atoms with Crippen molar-refractivity contribution in [3.05, 3.63) is 57.6 Å².